The minimum absolute atomic E-state index is 0.000455. The number of benzene rings is 1. The number of ether oxygens (including phenoxy) is 5. The highest BCUT2D eigenvalue weighted by molar-refractivity contribution is 5.79. The first-order chi connectivity index (χ1) is 28.5. The molecule has 0 bridgehead atoms. The highest BCUT2D eigenvalue weighted by atomic mass is 16.7. The van der Waals surface area contributed by atoms with Gasteiger partial charge < -0.3 is 54.1 Å². The Morgan fingerprint density at radius 3 is 2.28 bits per heavy atom. The van der Waals surface area contributed by atoms with E-state index in [4.69, 9.17) is 23.7 Å². The molecule has 2 fully saturated rings. The molecule has 0 unspecified atom stereocenters. The Morgan fingerprint density at radius 1 is 1.07 bits per heavy atom. The van der Waals surface area contributed by atoms with Crippen LogP contribution in [0.5, 0.6) is 0 Å². The van der Waals surface area contributed by atoms with Gasteiger partial charge in [0.05, 0.1) is 53.7 Å². The Bertz CT molecular complexity index is 1610. The first-order valence-electron chi connectivity index (χ1n) is 21.4. The van der Waals surface area contributed by atoms with Crippen molar-refractivity contribution in [3.63, 3.8) is 0 Å². The second-order valence-electron chi connectivity index (χ2n) is 17.8. The molecule has 3 rings (SSSR count). The number of non-ortho nitro benzene ring substituents is 1. The second kappa shape index (κ2) is 22.7. The number of amides is 1. The number of hydrogen-bond acceptors (Lipinski definition) is 15. The van der Waals surface area contributed by atoms with Crippen LogP contribution >= 0.6 is 0 Å². The van der Waals surface area contributed by atoms with Crippen LogP contribution in [0.3, 0.4) is 0 Å². The number of nitrogens with zero attached hydrogens (tertiary/aromatic N) is 3. The van der Waals surface area contributed by atoms with Gasteiger partial charge in [0.2, 0.25) is 5.91 Å². The van der Waals surface area contributed by atoms with Crippen molar-refractivity contribution in [2.75, 3.05) is 40.8 Å². The van der Waals surface area contributed by atoms with Crippen molar-refractivity contribution in [1.82, 2.24) is 15.1 Å². The maximum atomic E-state index is 14.3. The van der Waals surface area contributed by atoms with Crippen LogP contribution in [0.15, 0.2) is 36.9 Å². The molecule has 1 aromatic carbocycles. The van der Waals surface area contributed by atoms with Crippen LogP contribution in [0.2, 0.25) is 0 Å². The van der Waals surface area contributed by atoms with Crippen molar-refractivity contribution in [2.45, 2.75) is 154 Å². The number of aliphatic hydroxyl groups is 3. The second-order valence-corrected chi connectivity index (χ2v) is 17.8. The van der Waals surface area contributed by atoms with Crippen molar-refractivity contribution < 1.29 is 58.3 Å². The molecule has 346 valence electrons. The number of nitro benzene ring substituents is 1. The first-order valence-corrected chi connectivity index (χ1v) is 21.4. The monoisotopic (exact) mass is 865 g/mol. The molecule has 0 spiro atoms. The zero-order chi connectivity index (χ0) is 46.0. The van der Waals surface area contributed by atoms with E-state index >= 15 is 0 Å². The maximum Gasteiger partial charge on any atom is 0.312 e. The molecule has 2 aliphatic heterocycles. The van der Waals surface area contributed by atoms with E-state index in [1.54, 1.807) is 52.8 Å². The van der Waals surface area contributed by atoms with E-state index < -0.39 is 94.6 Å². The standard InChI is InChI=1S/C44H72N4O13/c1-13-23-57-43(8)25-26(3)45-40(52)30(7)38(51)44(9,54)34(14-2)59-41(53)29(6)37(28(5)39(43)61-42-36(50)33(46(10)11)24-27(4)58-42)60-35(49)20-22-47(12)21-19-31-15-17-32(18-16-31)48(55)56/h13,15-18,26-30,33-34,36-39,42,50-51,54H,1,14,19-25H2,2-12H3,(H,45,52)/t26-,27-,28+,29-,30-,33+,34-,36-,37+,38-,39-,42+,43-,44-/m1/s1. The Hall–Kier alpha value is -3.55. The van der Waals surface area contributed by atoms with Gasteiger partial charge in [0.15, 0.2) is 6.29 Å². The fourth-order valence-corrected chi connectivity index (χ4v) is 8.55. The normalized spacial score (nSPS) is 35.7. The summed E-state index contributed by atoms with van der Waals surface area (Å²) in [6.45, 7) is 17.9. The molecule has 2 aliphatic rings. The molecule has 17 nitrogen and oxygen atoms in total. The maximum absolute atomic E-state index is 14.3. The van der Waals surface area contributed by atoms with Crippen LogP contribution in [-0.4, -0.2) is 155 Å². The molecule has 14 atom stereocenters. The van der Waals surface area contributed by atoms with Crippen LogP contribution in [0.1, 0.15) is 86.6 Å². The van der Waals surface area contributed by atoms with Crippen molar-refractivity contribution in [3.8, 4) is 0 Å². The lowest BCUT2D eigenvalue weighted by Gasteiger charge is -2.48. The van der Waals surface area contributed by atoms with Crippen LogP contribution < -0.4 is 5.32 Å². The topological polar surface area (TPSA) is 220 Å². The van der Waals surface area contributed by atoms with Crippen LogP contribution in [-0.2, 0) is 44.5 Å². The Morgan fingerprint density at radius 2 is 1.70 bits per heavy atom. The lowest BCUT2D eigenvalue weighted by Crippen LogP contribution is -2.60. The number of carbonyl (C=O) groups is 3. The summed E-state index contributed by atoms with van der Waals surface area (Å²) in [5, 5.41) is 48.7. The Kier molecular flexibility index (Phi) is 19.3. The van der Waals surface area contributed by atoms with E-state index in [-0.39, 0.29) is 50.2 Å². The summed E-state index contributed by atoms with van der Waals surface area (Å²) in [5.41, 5.74) is -2.49. The zero-order valence-electron chi connectivity index (χ0n) is 37.9. The molecule has 1 aromatic rings. The molecular formula is C44H72N4O13. The molecule has 2 saturated heterocycles. The van der Waals surface area contributed by atoms with E-state index in [2.05, 4.69) is 11.9 Å². The van der Waals surface area contributed by atoms with Crippen molar-refractivity contribution in [1.29, 1.82) is 0 Å². The molecule has 61 heavy (non-hydrogen) atoms. The number of esters is 2. The lowest BCUT2D eigenvalue weighted by molar-refractivity contribution is -0.384. The van der Waals surface area contributed by atoms with Crippen LogP contribution in [0.25, 0.3) is 0 Å². The number of nitrogens with one attached hydrogen (secondary N) is 1. The average molecular weight is 865 g/mol. The summed E-state index contributed by atoms with van der Waals surface area (Å²) in [6.07, 6.45) is -5.03. The summed E-state index contributed by atoms with van der Waals surface area (Å²) in [4.78, 5) is 56.2. The van der Waals surface area contributed by atoms with Gasteiger partial charge in [0, 0.05) is 43.2 Å². The van der Waals surface area contributed by atoms with Gasteiger partial charge in [-0.05, 0) is 87.0 Å². The van der Waals surface area contributed by atoms with Gasteiger partial charge in [-0.3, -0.25) is 24.5 Å². The molecule has 0 aliphatic carbocycles. The van der Waals surface area contributed by atoms with Crippen molar-refractivity contribution in [2.24, 2.45) is 17.8 Å². The number of carbonyl (C=O) groups excluding carboxylic acids is 3. The number of hydrogen-bond donors (Lipinski definition) is 4. The third-order valence-electron chi connectivity index (χ3n) is 12.3. The van der Waals surface area contributed by atoms with E-state index in [1.165, 1.54) is 26.0 Å². The van der Waals surface area contributed by atoms with Crippen LogP contribution in [0.4, 0.5) is 5.69 Å². The van der Waals surface area contributed by atoms with Gasteiger partial charge in [0.1, 0.15) is 23.9 Å². The Labute approximate surface area is 361 Å². The zero-order valence-corrected chi connectivity index (χ0v) is 37.9. The SMILES string of the molecule is C=CCO[C@]1(C)C[C@@H](C)NC(=O)[C@H](C)[C@@H](O)[C@](C)(O)[C@@H](CC)OC(=O)[C@H](C)[C@@H](OC(=O)CCN(C)CCc2ccc([N+](=O)[O-])cc2)[C@H](C)[C@H]1O[C@@H]1O[C@H](C)C[C@H](N(C)C)[C@H]1O. The number of cyclic esters (lactones) is 1. The summed E-state index contributed by atoms with van der Waals surface area (Å²) in [5.74, 6) is -5.17. The van der Waals surface area contributed by atoms with Gasteiger partial charge in [-0.25, -0.2) is 0 Å². The summed E-state index contributed by atoms with van der Waals surface area (Å²) in [6, 6.07) is 5.33. The molecule has 2 heterocycles. The highest BCUT2D eigenvalue weighted by Gasteiger charge is 2.52. The predicted octanol–water partition coefficient (Wildman–Crippen LogP) is 3.39. The third kappa shape index (κ3) is 13.7. The quantitative estimate of drug-likeness (QED) is 0.0860. The van der Waals surface area contributed by atoms with Gasteiger partial charge in [-0.2, -0.15) is 0 Å². The van der Waals surface area contributed by atoms with Gasteiger partial charge in [-0.1, -0.05) is 39.0 Å². The van der Waals surface area contributed by atoms with Crippen LogP contribution in [0, 0.1) is 27.9 Å². The van der Waals surface area contributed by atoms with E-state index in [1.807, 2.05) is 37.9 Å². The molecule has 0 aromatic heterocycles. The largest absolute Gasteiger partial charge is 0.461 e. The van der Waals surface area contributed by atoms with Gasteiger partial charge >= 0.3 is 11.9 Å². The summed E-state index contributed by atoms with van der Waals surface area (Å²) < 4.78 is 31.8. The average Bonchev–Trinajstić information content (AvgIpc) is 3.20. The molecular weight excluding hydrogens is 792 g/mol. The third-order valence-corrected chi connectivity index (χ3v) is 12.3. The molecule has 4 N–H and O–H groups in total. The lowest BCUT2D eigenvalue weighted by atomic mass is 9.78. The first kappa shape index (κ1) is 51.8. The van der Waals surface area contributed by atoms with E-state index in [0.717, 1.165) is 5.56 Å². The van der Waals surface area contributed by atoms with Gasteiger partial charge in [-0.15, -0.1) is 6.58 Å². The molecule has 17 heteroatoms. The smallest absolute Gasteiger partial charge is 0.312 e. The molecule has 0 saturated carbocycles. The van der Waals surface area contributed by atoms with Crippen molar-refractivity contribution in [3.05, 3.63) is 52.6 Å². The predicted molar refractivity (Wildman–Crippen MR) is 227 cm³/mol. The van der Waals surface area contributed by atoms with E-state index in [9.17, 15) is 39.8 Å². The number of rotatable bonds is 15. The highest BCUT2D eigenvalue weighted by Crippen LogP contribution is 2.38. The molecule has 0 radical (unpaired) electrons. The number of nitro groups is 1. The Balaban J connectivity index is 2.08. The van der Waals surface area contributed by atoms with E-state index in [0.29, 0.717) is 19.4 Å². The number of aliphatic hydroxyl groups excluding tert-OH is 2. The number of likely N-dealkylation sites (N-methyl/N-ethyl adjacent to an activating group) is 2. The summed E-state index contributed by atoms with van der Waals surface area (Å²) >= 11 is 0. The minimum Gasteiger partial charge on any atom is -0.461 e. The summed E-state index contributed by atoms with van der Waals surface area (Å²) in [7, 11) is 5.54. The van der Waals surface area contributed by atoms with Gasteiger partial charge in [0.25, 0.3) is 5.69 Å². The molecule has 1 amide bonds. The fraction of sp³-hybridized carbons (Fsp3) is 0.750. The fourth-order valence-electron chi connectivity index (χ4n) is 8.55. The minimum atomic E-state index is -2.05. The van der Waals surface area contributed by atoms with Crippen molar-refractivity contribution >= 4 is 23.5 Å².